The molecule has 1 aromatic heterocycles. The molecule has 0 fully saturated rings. The lowest BCUT2D eigenvalue weighted by molar-refractivity contribution is 0.0993. The first-order chi connectivity index (χ1) is 10.9. The van der Waals surface area contributed by atoms with E-state index in [1.165, 1.54) is 23.4 Å². The maximum Gasteiger partial charge on any atom is 0.251 e. The Kier molecular flexibility index (Phi) is 5.77. The van der Waals surface area contributed by atoms with Gasteiger partial charge in [-0.05, 0) is 44.4 Å². The van der Waals surface area contributed by atoms with Crippen molar-refractivity contribution in [2.75, 3.05) is 0 Å². The first-order valence-corrected chi connectivity index (χ1v) is 8.67. The second kappa shape index (κ2) is 7.59. The van der Waals surface area contributed by atoms with E-state index in [0.717, 1.165) is 24.1 Å². The Morgan fingerprint density at radius 2 is 2.00 bits per heavy atom. The van der Waals surface area contributed by atoms with Crippen LogP contribution in [0.1, 0.15) is 47.4 Å². The van der Waals surface area contributed by atoms with E-state index >= 15 is 0 Å². The molecule has 1 atom stereocenters. The van der Waals surface area contributed by atoms with Crippen molar-refractivity contribution in [3.63, 3.8) is 0 Å². The Labute approximate surface area is 140 Å². The second-order valence-electron chi connectivity index (χ2n) is 5.72. The molecule has 23 heavy (non-hydrogen) atoms. The zero-order valence-corrected chi connectivity index (χ0v) is 14.8. The SMILES string of the molecule is CCCc1cc(=O)[nH]c(S[C@@H](C)C(=O)c2ccc(C)c(C)c2)n1. The van der Waals surface area contributed by atoms with Gasteiger partial charge >= 0.3 is 0 Å². The molecule has 2 rings (SSSR count). The van der Waals surface area contributed by atoms with Crippen molar-refractivity contribution >= 4 is 17.5 Å². The number of carbonyl (C=O) groups excluding carboxylic acids is 1. The molecule has 0 radical (unpaired) electrons. The average Bonchev–Trinajstić information content (AvgIpc) is 2.49. The molecule has 122 valence electrons. The largest absolute Gasteiger partial charge is 0.301 e. The van der Waals surface area contributed by atoms with Gasteiger partial charge in [-0.25, -0.2) is 4.98 Å². The number of aromatic amines is 1. The number of nitrogens with one attached hydrogen (secondary N) is 1. The fourth-order valence-corrected chi connectivity index (χ4v) is 3.18. The van der Waals surface area contributed by atoms with Gasteiger partial charge in [0.05, 0.1) is 5.25 Å². The molecule has 0 aliphatic carbocycles. The summed E-state index contributed by atoms with van der Waals surface area (Å²) in [7, 11) is 0. The minimum atomic E-state index is -0.308. The predicted molar refractivity (Wildman–Crippen MR) is 94.4 cm³/mol. The van der Waals surface area contributed by atoms with Crippen LogP contribution in [0.3, 0.4) is 0 Å². The van der Waals surface area contributed by atoms with E-state index in [1.807, 2.05) is 45.9 Å². The van der Waals surface area contributed by atoms with Crippen LogP contribution >= 0.6 is 11.8 Å². The maximum atomic E-state index is 12.6. The highest BCUT2D eigenvalue weighted by atomic mass is 32.2. The van der Waals surface area contributed by atoms with Crippen LogP contribution in [-0.2, 0) is 6.42 Å². The number of Topliss-reactive ketones (excluding diaryl/α,β-unsaturated/α-hetero) is 1. The Hall–Kier alpha value is -1.88. The number of hydrogen-bond acceptors (Lipinski definition) is 4. The van der Waals surface area contributed by atoms with Gasteiger partial charge in [0, 0.05) is 17.3 Å². The van der Waals surface area contributed by atoms with Crippen LogP contribution in [0.4, 0.5) is 0 Å². The lowest BCUT2D eigenvalue weighted by Crippen LogP contribution is -2.16. The van der Waals surface area contributed by atoms with Crippen LogP contribution in [0, 0.1) is 13.8 Å². The molecule has 0 aliphatic heterocycles. The topological polar surface area (TPSA) is 62.8 Å². The van der Waals surface area contributed by atoms with E-state index in [-0.39, 0.29) is 16.6 Å². The summed E-state index contributed by atoms with van der Waals surface area (Å²) in [5.41, 5.74) is 3.56. The molecule has 0 saturated heterocycles. The Morgan fingerprint density at radius 1 is 1.26 bits per heavy atom. The smallest absolute Gasteiger partial charge is 0.251 e. The number of hydrogen-bond donors (Lipinski definition) is 1. The normalized spacial score (nSPS) is 12.2. The van der Waals surface area contributed by atoms with Crippen LogP contribution in [0.2, 0.25) is 0 Å². The third kappa shape index (κ3) is 4.55. The third-order valence-corrected chi connectivity index (χ3v) is 4.71. The molecule has 0 aliphatic rings. The standard InChI is InChI=1S/C18H22N2O2S/c1-5-6-15-10-16(21)20-18(19-15)23-13(4)17(22)14-8-7-11(2)12(3)9-14/h7-10,13H,5-6H2,1-4H3,(H,19,20,21)/t13-/m0/s1. The lowest BCUT2D eigenvalue weighted by Gasteiger charge is -2.11. The first-order valence-electron chi connectivity index (χ1n) is 7.79. The molecule has 0 spiro atoms. The van der Waals surface area contributed by atoms with Gasteiger partial charge in [-0.15, -0.1) is 0 Å². The highest BCUT2D eigenvalue weighted by molar-refractivity contribution is 8.00. The number of carbonyl (C=O) groups is 1. The van der Waals surface area contributed by atoms with Crippen LogP contribution < -0.4 is 5.56 Å². The van der Waals surface area contributed by atoms with E-state index in [4.69, 9.17) is 0 Å². The number of rotatable bonds is 6. The molecule has 0 unspecified atom stereocenters. The maximum absolute atomic E-state index is 12.6. The molecule has 1 N–H and O–H groups in total. The Bertz CT molecular complexity index is 768. The number of benzene rings is 1. The van der Waals surface area contributed by atoms with Crippen LogP contribution in [0.15, 0.2) is 34.2 Å². The predicted octanol–water partition coefficient (Wildman–Crippen LogP) is 3.70. The Morgan fingerprint density at radius 3 is 2.65 bits per heavy atom. The van der Waals surface area contributed by atoms with E-state index < -0.39 is 0 Å². The molecule has 1 aromatic carbocycles. The van der Waals surface area contributed by atoms with Gasteiger partial charge in [0.2, 0.25) is 0 Å². The number of ketones is 1. The monoisotopic (exact) mass is 330 g/mol. The van der Waals surface area contributed by atoms with Crippen molar-refractivity contribution in [2.45, 2.75) is 50.9 Å². The highest BCUT2D eigenvalue weighted by Crippen LogP contribution is 2.23. The van der Waals surface area contributed by atoms with E-state index in [0.29, 0.717) is 10.7 Å². The summed E-state index contributed by atoms with van der Waals surface area (Å²) in [6.07, 6.45) is 1.69. The number of H-pyrrole nitrogens is 1. The van der Waals surface area contributed by atoms with Gasteiger partial charge in [-0.1, -0.05) is 37.2 Å². The van der Waals surface area contributed by atoms with Gasteiger partial charge in [0.1, 0.15) is 0 Å². The zero-order valence-electron chi connectivity index (χ0n) is 14.0. The van der Waals surface area contributed by atoms with Gasteiger partial charge in [0.15, 0.2) is 10.9 Å². The molecule has 2 aromatic rings. The second-order valence-corrected chi connectivity index (χ2v) is 7.04. The summed E-state index contributed by atoms with van der Waals surface area (Å²) in [4.78, 5) is 31.4. The van der Waals surface area contributed by atoms with Crippen molar-refractivity contribution in [1.82, 2.24) is 9.97 Å². The fourth-order valence-electron chi connectivity index (χ4n) is 2.27. The fraction of sp³-hybridized carbons (Fsp3) is 0.389. The highest BCUT2D eigenvalue weighted by Gasteiger charge is 2.18. The van der Waals surface area contributed by atoms with Gasteiger partial charge in [0.25, 0.3) is 5.56 Å². The molecule has 0 amide bonds. The third-order valence-electron chi connectivity index (χ3n) is 3.73. The van der Waals surface area contributed by atoms with E-state index in [1.54, 1.807) is 0 Å². The summed E-state index contributed by atoms with van der Waals surface area (Å²) in [5, 5.41) is 0.197. The Balaban J connectivity index is 2.17. The number of thioether (sulfide) groups is 1. The van der Waals surface area contributed by atoms with Crippen LogP contribution in [0.5, 0.6) is 0 Å². The van der Waals surface area contributed by atoms with Gasteiger partial charge < -0.3 is 4.98 Å². The molecule has 1 heterocycles. The van der Waals surface area contributed by atoms with Gasteiger partial charge in [-0.2, -0.15) is 0 Å². The summed E-state index contributed by atoms with van der Waals surface area (Å²) >= 11 is 1.29. The number of aryl methyl sites for hydroxylation is 3. The molecular weight excluding hydrogens is 308 g/mol. The van der Waals surface area contributed by atoms with Crippen molar-refractivity contribution < 1.29 is 4.79 Å². The van der Waals surface area contributed by atoms with E-state index in [9.17, 15) is 9.59 Å². The molecule has 0 bridgehead atoms. The molecule has 5 heteroatoms. The molecule has 4 nitrogen and oxygen atoms in total. The average molecular weight is 330 g/mol. The first kappa shape index (κ1) is 17.5. The van der Waals surface area contributed by atoms with Crippen LogP contribution in [0.25, 0.3) is 0 Å². The lowest BCUT2D eigenvalue weighted by atomic mass is 10.0. The minimum Gasteiger partial charge on any atom is -0.301 e. The van der Waals surface area contributed by atoms with Crippen molar-refractivity contribution in [2.24, 2.45) is 0 Å². The van der Waals surface area contributed by atoms with E-state index in [2.05, 4.69) is 9.97 Å². The summed E-state index contributed by atoms with van der Waals surface area (Å²) in [6, 6.07) is 7.25. The summed E-state index contributed by atoms with van der Waals surface area (Å²) in [5.74, 6) is 0.0432. The van der Waals surface area contributed by atoms with Crippen LogP contribution in [-0.4, -0.2) is 21.0 Å². The quantitative estimate of drug-likeness (QED) is 0.498. The number of aromatic nitrogens is 2. The van der Waals surface area contributed by atoms with Crippen molar-refractivity contribution in [1.29, 1.82) is 0 Å². The minimum absolute atomic E-state index is 0.0432. The molecular formula is C18H22N2O2S. The number of nitrogens with zero attached hydrogens (tertiary/aromatic N) is 1. The van der Waals surface area contributed by atoms with Crippen molar-refractivity contribution in [3.8, 4) is 0 Å². The summed E-state index contributed by atoms with van der Waals surface area (Å²) in [6.45, 7) is 7.91. The van der Waals surface area contributed by atoms with Crippen molar-refractivity contribution in [3.05, 3.63) is 57.0 Å². The zero-order chi connectivity index (χ0) is 17.0. The summed E-state index contributed by atoms with van der Waals surface area (Å²) < 4.78 is 0. The molecule has 0 saturated carbocycles. The van der Waals surface area contributed by atoms with Gasteiger partial charge in [-0.3, -0.25) is 9.59 Å².